The number of hydrogen-bond acceptors (Lipinski definition) is 2. The second-order valence-corrected chi connectivity index (χ2v) is 4.72. The highest BCUT2D eigenvalue weighted by Crippen LogP contribution is 2.22. The topological polar surface area (TPSA) is 38.1 Å². The third-order valence-corrected chi connectivity index (χ3v) is 3.09. The van der Waals surface area contributed by atoms with Crippen molar-refractivity contribution in [3.63, 3.8) is 0 Å². The molecule has 0 aliphatic rings. The van der Waals surface area contributed by atoms with E-state index in [0.717, 1.165) is 5.56 Å². The van der Waals surface area contributed by atoms with Crippen molar-refractivity contribution in [2.45, 2.75) is 0 Å². The van der Waals surface area contributed by atoms with Gasteiger partial charge in [0, 0.05) is 31.9 Å². The molecule has 0 N–H and O–H groups in total. The first kappa shape index (κ1) is 14.8. The Morgan fingerprint density at radius 3 is 2.43 bits per heavy atom. The fraction of sp³-hybridized carbons (Fsp3) is 0.176. The molecule has 2 rings (SSSR count). The summed E-state index contributed by atoms with van der Waals surface area (Å²) in [5, 5.41) is 4.42. The van der Waals surface area contributed by atoms with E-state index in [9.17, 15) is 4.79 Å². The minimum absolute atomic E-state index is 0.0678. The van der Waals surface area contributed by atoms with Crippen LogP contribution in [0.1, 0.15) is 10.4 Å². The van der Waals surface area contributed by atoms with Gasteiger partial charge >= 0.3 is 0 Å². The highest BCUT2D eigenvalue weighted by atomic mass is 16.2. The van der Waals surface area contributed by atoms with Gasteiger partial charge in [-0.25, -0.2) is 0 Å². The third kappa shape index (κ3) is 3.28. The van der Waals surface area contributed by atoms with Crippen molar-refractivity contribution in [2.75, 3.05) is 13.1 Å². The molecule has 4 nitrogen and oxygen atoms in total. The van der Waals surface area contributed by atoms with Crippen molar-refractivity contribution in [2.24, 2.45) is 7.05 Å². The molecule has 0 aliphatic heterocycles. The van der Waals surface area contributed by atoms with Gasteiger partial charge in [0.25, 0.3) is 5.91 Å². The maximum Gasteiger partial charge on any atom is 0.258 e. The molecule has 0 atom stereocenters. The summed E-state index contributed by atoms with van der Waals surface area (Å²) in [7, 11) is 1.81. The number of hydrogen-bond donors (Lipinski definition) is 0. The molecule has 0 unspecified atom stereocenters. The molecule has 0 aliphatic carbocycles. The van der Waals surface area contributed by atoms with Crippen molar-refractivity contribution in [1.82, 2.24) is 14.7 Å². The van der Waals surface area contributed by atoms with Crippen LogP contribution in [0.25, 0.3) is 11.3 Å². The van der Waals surface area contributed by atoms with Crippen LogP contribution in [0.15, 0.2) is 61.8 Å². The van der Waals surface area contributed by atoms with Gasteiger partial charge in [-0.05, 0) is 0 Å². The van der Waals surface area contributed by atoms with E-state index in [2.05, 4.69) is 18.3 Å². The molecule has 1 heterocycles. The van der Waals surface area contributed by atoms with Crippen molar-refractivity contribution in [1.29, 1.82) is 0 Å². The van der Waals surface area contributed by atoms with Crippen LogP contribution >= 0.6 is 0 Å². The number of carbonyl (C=O) groups is 1. The summed E-state index contributed by atoms with van der Waals surface area (Å²) in [6.45, 7) is 8.35. The smallest absolute Gasteiger partial charge is 0.258 e. The van der Waals surface area contributed by atoms with Crippen molar-refractivity contribution in [3.05, 3.63) is 67.4 Å². The van der Waals surface area contributed by atoms with E-state index in [1.54, 1.807) is 27.9 Å². The molecule has 0 saturated carbocycles. The zero-order valence-corrected chi connectivity index (χ0v) is 12.2. The SMILES string of the molecule is C=CCN(CC=C)C(=O)c1cn(C)nc1-c1ccccc1. The first-order chi connectivity index (χ1) is 10.2. The molecule has 0 spiro atoms. The van der Waals surface area contributed by atoms with Crippen molar-refractivity contribution >= 4 is 5.91 Å². The highest BCUT2D eigenvalue weighted by Gasteiger charge is 2.21. The first-order valence-corrected chi connectivity index (χ1v) is 6.77. The minimum atomic E-state index is -0.0678. The molecule has 0 radical (unpaired) electrons. The Kier molecular flexibility index (Phi) is 4.72. The molecule has 4 heteroatoms. The molecule has 0 saturated heterocycles. The molecular formula is C17H19N3O. The number of aromatic nitrogens is 2. The summed E-state index contributed by atoms with van der Waals surface area (Å²) in [4.78, 5) is 14.4. The number of rotatable bonds is 6. The fourth-order valence-corrected chi connectivity index (χ4v) is 2.18. The number of benzene rings is 1. The predicted molar refractivity (Wildman–Crippen MR) is 84.9 cm³/mol. The summed E-state index contributed by atoms with van der Waals surface area (Å²) >= 11 is 0. The van der Waals surface area contributed by atoms with Crippen molar-refractivity contribution < 1.29 is 4.79 Å². The second kappa shape index (κ2) is 6.70. The third-order valence-electron chi connectivity index (χ3n) is 3.09. The number of aryl methyl sites for hydroxylation is 1. The van der Waals surface area contributed by atoms with E-state index in [1.807, 2.05) is 37.4 Å². The average Bonchev–Trinajstić information content (AvgIpc) is 2.89. The molecule has 21 heavy (non-hydrogen) atoms. The molecule has 0 bridgehead atoms. The van der Waals surface area contributed by atoms with Gasteiger partial charge in [-0.2, -0.15) is 5.10 Å². The lowest BCUT2D eigenvalue weighted by molar-refractivity contribution is 0.0791. The average molecular weight is 281 g/mol. The lowest BCUT2D eigenvalue weighted by Crippen LogP contribution is -2.31. The molecule has 2 aromatic rings. The predicted octanol–water partition coefficient (Wildman–Crippen LogP) is 2.90. The van der Waals surface area contributed by atoms with Gasteiger partial charge in [-0.1, -0.05) is 42.5 Å². The van der Waals surface area contributed by atoms with Gasteiger partial charge in [0.1, 0.15) is 5.69 Å². The van der Waals surface area contributed by atoms with Crippen LogP contribution in [0.5, 0.6) is 0 Å². The Bertz CT molecular complexity index is 633. The summed E-state index contributed by atoms with van der Waals surface area (Å²) in [5.74, 6) is -0.0678. The number of carbonyl (C=O) groups excluding carboxylic acids is 1. The van der Waals surface area contributed by atoms with Gasteiger partial charge < -0.3 is 4.90 Å². The van der Waals surface area contributed by atoms with Crippen LogP contribution in [0, 0.1) is 0 Å². The van der Waals surface area contributed by atoms with E-state index in [-0.39, 0.29) is 5.91 Å². The van der Waals surface area contributed by atoms with Crippen LogP contribution in [-0.4, -0.2) is 33.7 Å². The van der Waals surface area contributed by atoms with E-state index in [0.29, 0.717) is 24.3 Å². The molecule has 1 aromatic heterocycles. The summed E-state index contributed by atoms with van der Waals surface area (Å²) < 4.78 is 1.66. The standard InChI is InChI=1S/C17H19N3O/c1-4-11-20(12-5-2)17(21)15-13-19(3)18-16(15)14-9-7-6-8-10-14/h4-10,13H,1-2,11-12H2,3H3. The van der Waals surface area contributed by atoms with E-state index < -0.39 is 0 Å². The quantitative estimate of drug-likeness (QED) is 0.764. The lowest BCUT2D eigenvalue weighted by Gasteiger charge is -2.19. The Hall–Kier alpha value is -2.62. The normalized spacial score (nSPS) is 10.1. The van der Waals surface area contributed by atoms with Gasteiger partial charge in [0.15, 0.2) is 0 Å². The lowest BCUT2D eigenvalue weighted by atomic mass is 10.1. The Balaban J connectivity index is 2.41. The highest BCUT2D eigenvalue weighted by molar-refractivity contribution is 6.00. The van der Waals surface area contributed by atoms with E-state index >= 15 is 0 Å². The maximum atomic E-state index is 12.7. The number of amides is 1. The van der Waals surface area contributed by atoms with Crippen LogP contribution in [0.4, 0.5) is 0 Å². The van der Waals surface area contributed by atoms with E-state index in [4.69, 9.17) is 0 Å². The fourth-order valence-electron chi connectivity index (χ4n) is 2.18. The van der Waals surface area contributed by atoms with Gasteiger partial charge in [0.05, 0.1) is 5.56 Å². The van der Waals surface area contributed by atoms with Gasteiger partial charge in [-0.3, -0.25) is 9.48 Å². The first-order valence-electron chi connectivity index (χ1n) is 6.77. The Labute approximate surface area is 125 Å². The Morgan fingerprint density at radius 1 is 1.24 bits per heavy atom. The largest absolute Gasteiger partial charge is 0.331 e. The Morgan fingerprint density at radius 2 is 1.86 bits per heavy atom. The van der Waals surface area contributed by atoms with E-state index in [1.165, 1.54) is 0 Å². The number of nitrogens with zero attached hydrogens (tertiary/aromatic N) is 3. The van der Waals surface area contributed by atoms with Crippen molar-refractivity contribution in [3.8, 4) is 11.3 Å². The van der Waals surface area contributed by atoms with Gasteiger partial charge in [-0.15, -0.1) is 13.2 Å². The summed E-state index contributed by atoms with van der Waals surface area (Å²) in [5.41, 5.74) is 2.22. The monoisotopic (exact) mass is 281 g/mol. The van der Waals surface area contributed by atoms with Crippen LogP contribution in [0.3, 0.4) is 0 Å². The zero-order chi connectivity index (χ0) is 15.2. The van der Waals surface area contributed by atoms with Gasteiger partial charge in [0.2, 0.25) is 0 Å². The summed E-state index contributed by atoms with van der Waals surface area (Å²) in [6.07, 6.45) is 5.17. The van der Waals surface area contributed by atoms with Crippen LogP contribution < -0.4 is 0 Å². The zero-order valence-electron chi connectivity index (χ0n) is 12.2. The summed E-state index contributed by atoms with van der Waals surface area (Å²) in [6, 6.07) is 9.71. The second-order valence-electron chi connectivity index (χ2n) is 4.72. The van der Waals surface area contributed by atoms with Crippen LogP contribution in [-0.2, 0) is 7.05 Å². The maximum absolute atomic E-state index is 12.7. The molecule has 1 amide bonds. The molecule has 1 aromatic carbocycles. The molecule has 108 valence electrons. The van der Waals surface area contributed by atoms with Crippen LogP contribution in [0.2, 0.25) is 0 Å². The molecule has 0 fully saturated rings. The minimum Gasteiger partial charge on any atom is -0.331 e. The molecular weight excluding hydrogens is 262 g/mol.